The maximum atomic E-state index is 12.6. The molecule has 0 bridgehead atoms. The fourth-order valence-electron chi connectivity index (χ4n) is 2.33. The Morgan fingerprint density at radius 3 is 2.53 bits per heavy atom. The van der Waals surface area contributed by atoms with Crippen LogP contribution in [0.4, 0.5) is 0 Å². The molecule has 0 saturated carbocycles. The molecule has 0 aromatic rings. The van der Waals surface area contributed by atoms with Crippen LogP contribution < -0.4 is 5.73 Å². The van der Waals surface area contributed by atoms with Gasteiger partial charge in [0.2, 0.25) is 5.91 Å². The van der Waals surface area contributed by atoms with Gasteiger partial charge in [0.15, 0.2) is 5.84 Å². The average Bonchev–Trinajstić information content (AvgIpc) is 2.65. The highest BCUT2D eigenvalue weighted by atomic mass is 16.4. The van der Waals surface area contributed by atoms with Crippen molar-refractivity contribution in [2.24, 2.45) is 16.3 Å². The normalized spacial score (nSPS) is 23.5. The van der Waals surface area contributed by atoms with Crippen molar-refractivity contribution < 1.29 is 10.0 Å². The van der Waals surface area contributed by atoms with Crippen LogP contribution in [0.2, 0.25) is 0 Å². The zero-order valence-electron chi connectivity index (χ0n) is 11.2. The minimum Gasteiger partial charge on any atom is -0.409 e. The Balaban J connectivity index is 3.02. The molecule has 17 heavy (non-hydrogen) atoms. The van der Waals surface area contributed by atoms with Crippen LogP contribution in [0.1, 0.15) is 47.0 Å². The van der Waals surface area contributed by atoms with Crippen LogP contribution in [0.5, 0.6) is 0 Å². The number of oxime groups is 1. The van der Waals surface area contributed by atoms with Gasteiger partial charge in [0.05, 0.1) is 0 Å². The number of rotatable bonds is 3. The number of amides is 1. The molecule has 98 valence electrons. The topological polar surface area (TPSA) is 78.9 Å². The predicted molar refractivity (Wildman–Crippen MR) is 66.8 cm³/mol. The van der Waals surface area contributed by atoms with Crippen molar-refractivity contribution in [2.45, 2.75) is 52.5 Å². The predicted octanol–water partition coefficient (Wildman–Crippen LogP) is 1.55. The fraction of sp³-hybridized carbons (Fsp3) is 0.833. The van der Waals surface area contributed by atoms with Crippen LogP contribution >= 0.6 is 0 Å². The van der Waals surface area contributed by atoms with Crippen molar-refractivity contribution in [3.63, 3.8) is 0 Å². The summed E-state index contributed by atoms with van der Waals surface area (Å²) in [6.07, 6.45) is 2.53. The van der Waals surface area contributed by atoms with Crippen molar-refractivity contribution in [3.8, 4) is 0 Å². The van der Waals surface area contributed by atoms with Gasteiger partial charge in [0, 0.05) is 12.1 Å². The van der Waals surface area contributed by atoms with E-state index >= 15 is 0 Å². The lowest BCUT2D eigenvalue weighted by molar-refractivity contribution is -0.141. The molecule has 0 radical (unpaired) electrons. The maximum absolute atomic E-state index is 12.6. The van der Waals surface area contributed by atoms with Crippen molar-refractivity contribution >= 4 is 11.7 Å². The largest absolute Gasteiger partial charge is 0.409 e. The van der Waals surface area contributed by atoms with Gasteiger partial charge in [0.25, 0.3) is 0 Å². The smallest absolute Gasteiger partial charge is 0.236 e. The van der Waals surface area contributed by atoms with Crippen LogP contribution in [0, 0.1) is 5.41 Å². The van der Waals surface area contributed by atoms with E-state index in [9.17, 15) is 4.79 Å². The Hall–Kier alpha value is -1.26. The molecule has 0 spiro atoms. The standard InChI is InChI=1S/C12H23N3O2/c1-5-12(4,9(13)14-17)10(16)15-8-6-7-11(15,2)3/h17H,5-8H2,1-4H3,(H2,13,14). The third kappa shape index (κ3) is 2.23. The van der Waals surface area contributed by atoms with Crippen LogP contribution in [0.25, 0.3) is 0 Å². The van der Waals surface area contributed by atoms with Crippen molar-refractivity contribution in [2.75, 3.05) is 6.54 Å². The van der Waals surface area contributed by atoms with Crippen molar-refractivity contribution in [1.82, 2.24) is 4.90 Å². The van der Waals surface area contributed by atoms with E-state index in [1.165, 1.54) is 0 Å². The Kier molecular flexibility index (Phi) is 3.69. The van der Waals surface area contributed by atoms with E-state index in [2.05, 4.69) is 19.0 Å². The summed E-state index contributed by atoms with van der Waals surface area (Å²) in [5.41, 5.74) is 4.63. The van der Waals surface area contributed by atoms with E-state index in [4.69, 9.17) is 10.9 Å². The lowest BCUT2D eigenvalue weighted by Gasteiger charge is -2.38. The van der Waals surface area contributed by atoms with Gasteiger partial charge >= 0.3 is 0 Å². The average molecular weight is 241 g/mol. The third-order valence-electron chi connectivity index (χ3n) is 4.00. The molecule has 1 rings (SSSR count). The van der Waals surface area contributed by atoms with Gasteiger partial charge in [-0.25, -0.2) is 0 Å². The number of likely N-dealkylation sites (tertiary alicyclic amines) is 1. The van der Waals surface area contributed by atoms with Crippen molar-refractivity contribution in [1.29, 1.82) is 0 Å². The van der Waals surface area contributed by atoms with E-state index in [-0.39, 0.29) is 17.3 Å². The molecule has 1 saturated heterocycles. The van der Waals surface area contributed by atoms with E-state index in [0.717, 1.165) is 19.4 Å². The van der Waals surface area contributed by atoms with Crippen molar-refractivity contribution in [3.05, 3.63) is 0 Å². The molecule has 1 aliphatic rings. The van der Waals surface area contributed by atoms with Crippen LogP contribution in [0.3, 0.4) is 0 Å². The van der Waals surface area contributed by atoms with E-state index in [1.807, 2.05) is 11.8 Å². The highest BCUT2D eigenvalue weighted by Crippen LogP contribution is 2.34. The molecule has 1 fully saturated rings. The lowest BCUT2D eigenvalue weighted by Crippen LogP contribution is -2.53. The van der Waals surface area contributed by atoms with Gasteiger partial charge in [-0.05, 0) is 40.0 Å². The number of carbonyl (C=O) groups excluding carboxylic acids is 1. The number of carbonyl (C=O) groups is 1. The minimum absolute atomic E-state index is 0.00676. The molecule has 0 aliphatic carbocycles. The Labute approximate surface area is 103 Å². The monoisotopic (exact) mass is 241 g/mol. The molecular weight excluding hydrogens is 218 g/mol. The summed E-state index contributed by atoms with van der Waals surface area (Å²) in [5, 5.41) is 11.8. The summed E-state index contributed by atoms with van der Waals surface area (Å²) in [7, 11) is 0. The number of nitrogens with zero attached hydrogens (tertiary/aromatic N) is 2. The summed E-state index contributed by atoms with van der Waals surface area (Å²) >= 11 is 0. The Morgan fingerprint density at radius 2 is 2.18 bits per heavy atom. The van der Waals surface area contributed by atoms with Gasteiger partial charge in [-0.3, -0.25) is 4.79 Å². The summed E-state index contributed by atoms with van der Waals surface area (Å²) < 4.78 is 0. The number of hydrogen-bond donors (Lipinski definition) is 2. The molecule has 5 nitrogen and oxygen atoms in total. The third-order valence-corrected chi connectivity index (χ3v) is 4.00. The SMILES string of the molecule is CCC(C)(C(=O)N1CCCC1(C)C)C(N)=NO. The van der Waals surface area contributed by atoms with Crippen LogP contribution in [-0.4, -0.2) is 33.9 Å². The number of nitrogens with two attached hydrogens (primary N) is 1. The molecule has 1 heterocycles. The first-order valence-electron chi connectivity index (χ1n) is 6.09. The number of hydrogen-bond acceptors (Lipinski definition) is 3. The van der Waals surface area contributed by atoms with Gasteiger partial charge in [-0.1, -0.05) is 12.1 Å². The highest BCUT2D eigenvalue weighted by molar-refractivity contribution is 6.06. The summed E-state index contributed by atoms with van der Waals surface area (Å²) in [5.74, 6) is -0.0505. The van der Waals surface area contributed by atoms with Gasteiger partial charge in [0.1, 0.15) is 5.41 Å². The zero-order chi connectivity index (χ0) is 13.3. The minimum atomic E-state index is -0.906. The first kappa shape index (κ1) is 13.8. The van der Waals surface area contributed by atoms with Gasteiger partial charge < -0.3 is 15.8 Å². The zero-order valence-corrected chi connectivity index (χ0v) is 11.2. The Bertz CT molecular complexity index is 339. The maximum Gasteiger partial charge on any atom is 0.236 e. The van der Waals surface area contributed by atoms with Gasteiger partial charge in [-0.15, -0.1) is 0 Å². The molecule has 1 aliphatic heterocycles. The molecule has 0 aromatic heterocycles. The molecule has 0 aromatic carbocycles. The second-order valence-electron chi connectivity index (χ2n) is 5.54. The summed E-state index contributed by atoms with van der Waals surface area (Å²) in [6, 6.07) is 0. The van der Waals surface area contributed by atoms with E-state index in [0.29, 0.717) is 6.42 Å². The summed E-state index contributed by atoms with van der Waals surface area (Å²) in [4.78, 5) is 14.4. The van der Waals surface area contributed by atoms with Crippen LogP contribution in [-0.2, 0) is 4.79 Å². The lowest BCUT2D eigenvalue weighted by atomic mass is 9.83. The molecule has 5 heteroatoms. The molecule has 1 atom stereocenters. The first-order valence-corrected chi connectivity index (χ1v) is 6.09. The van der Waals surface area contributed by atoms with Crippen LogP contribution in [0.15, 0.2) is 5.16 Å². The van der Waals surface area contributed by atoms with Gasteiger partial charge in [-0.2, -0.15) is 0 Å². The van der Waals surface area contributed by atoms with E-state index in [1.54, 1.807) is 6.92 Å². The molecule has 1 unspecified atom stereocenters. The highest BCUT2D eigenvalue weighted by Gasteiger charge is 2.45. The van der Waals surface area contributed by atoms with E-state index < -0.39 is 5.41 Å². The number of amidine groups is 1. The molecule has 1 amide bonds. The fourth-order valence-corrected chi connectivity index (χ4v) is 2.33. The Morgan fingerprint density at radius 1 is 1.59 bits per heavy atom. The molecule has 3 N–H and O–H groups in total. The molecular formula is C12H23N3O2. The second kappa shape index (κ2) is 4.55. The quantitative estimate of drug-likeness (QED) is 0.340. The summed E-state index contributed by atoms with van der Waals surface area (Å²) in [6.45, 7) is 8.47. The first-order chi connectivity index (χ1) is 7.79. The second-order valence-corrected chi connectivity index (χ2v) is 5.54.